The standard InChI is InChI=1S/C21H30N2O2/c1-6-8-9-18(14-16(3)7-2)22-20(24)23-19-11-10-17(4)12-13-21(5,25)15-19/h6,8-15,17,25H,7H2,1-5H3,(H2,22,23,24)/b8-6-,11-10-,13-12-,16-14+,18-9+,19-15+. The van der Waals surface area contributed by atoms with Crippen LogP contribution in [0.5, 0.6) is 0 Å². The summed E-state index contributed by atoms with van der Waals surface area (Å²) < 4.78 is 0. The molecule has 0 aromatic heterocycles. The van der Waals surface area contributed by atoms with Crippen molar-refractivity contribution in [1.29, 1.82) is 0 Å². The SMILES string of the molecule is C\C=C/C=C(\C=C(/C)CC)NC(=O)NC1=C/C(C)(O)/C=C\C(C)/C=C\1. The Balaban J connectivity index is 2.92. The quantitative estimate of drug-likeness (QED) is 0.509. The summed E-state index contributed by atoms with van der Waals surface area (Å²) in [5, 5.41) is 16.0. The van der Waals surface area contributed by atoms with Crippen LogP contribution < -0.4 is 10.6 Å². The summed E-state index contributed by atoms with van der Waals surface area (Å²) in [7, 11) is 0. The number of allylic oxidation sites excluding steroid dienone is 8. The van der Waals surface area contributed by atoms with Gasteiger partial charge in [0.15, 0.2) is 0 Å². The molecule has 3 N–H and O–H groups in total. The lowest BCUT2D eigenvalue weighted by molar-refractivity contribution is 0.162. The molecule has 0 saturated heterocycles. The minimum atomic E-state index is -1.11. The first-order valence-electron chi connectivity index (χ1n) is 8.66. The molecule has 0 aliphatic heterocycles. The Bertz CT molecular complexity index is 647. The van der Waals surface area contributed by atoms with Gasteiger partial charge in [0.05, 0.1) is 0 Å². The fraction of sp³-hybridized carbons (Fsp3) is 0.381. The fourth-order valence-electron chi connectivity index (χ4n) is 2.14. The van der Waals surface area contributed by atoms with Gasteiger partial charge in [-0.3, -0.25) is 0 Å². The van der Waals surface area contributed by atoms with Gasteiger partial charge >= 0.3 is 6.03 Å². The Morgan fingerprint density at radius 3 is 2.76 bits per heavy atom. The van der Waals surface area contributed by atoms with Crippen molar-refractivity contribution in [2.75, 3.05) is 0 Å². The van der Waals surface area contributed by atoms with Crippen molar-refractivity contribution in [3.05, 3.63) is 71.7 Å². The van der Waals surface area contributed by atoms with Gasteiger partial charge in [-0.15, -0.1) is 0 Å². The van der Waals surface area contributed by atoms with Crippen molar-refractivity contribution in [1.82, 2.24) is 10.6 Å². The first kappa shape index (κ1) is 20.7. The lowest BCUT2D eigenvalue weighted by Crippen LogP contribution is -2.35. The maximum atomic E-state index is 12.4. The third-order valence-corrected chi connectivity index (χ3v) is 3.71. The summed E-state index contributed by atoms with van der Waals surface area (Å²) in [6.45, 7) is 9.71. The first-order valence-corrected chi connectivity index (χ1v) is 8.66. The van der Waals surface area contributed by atoms with Crippen LogP contribution in [-0.2, 0) is 0 Å². The molecule has 0 spiro atoms. The van der Waals surface area contributed by atoms with Gasteiger partial charge in [-0.05, 0) is 57.4 Å². The minimum Gasteiger partial charge on any atom is -0.382 e. The van der Waals surface area contributed by atoms with Gasteiger partial charge in [-0.25, -0.2) is 4.79 Å². The summed E-state index contributed by atoms with van der Waals surface area (Å²) in [6, 6.07) is -0.347. The van der Waals surface area contributed by atoms with Crippen molar-refractivity contribution in [3.63, 3.8) is 0 Å². The van der Waals surface area contributed by atoms with E-state index in [1.165, 1.54) is 5.57 Å². The van der Waals surface area contributed by atoms with E-state index in [4.69, 9.17) is 0 Å². The van der Waals surface area contributed by atoms with Crippen molar-refractivity contribution in [2.24, 2.45) is 5.92 Å². The van der Waals surface area contributed by atoms with E-state index in [0.29, 0.717) is 11.4 Å². The number of amides is 2. The molecule has 4 nitrogen and oxygen atoms in total. The monoisotopic (exact) mass is 342 g/mol. The van der Waals surface area contributed by atoms with Crippen LogP contribution in [0.2, 0.25) is 0 Å². The summed E-state index contributed by atoms with van der Waals surface area (Å²) in [5.41, 5.74) is 1.33. The van der Waals surface area contributed by atoms with E-state index < -0.39 is 5.60 Å². The van der Waals surface area contributed by atoms with E-state index in [1.807, 2.05) is 63.3 Å². The van der Waals surface area contributed by atoms with Gasteiger partial charge in [0.2, 0.25) is 0 Å². The molecule has 0 radical (unpaired) electrons. The van der Waals surface area contributed by atoms with Crippen LogP contribution in [-0.4, -0.2) is 16.7 Å². The van der Waals surface area contributed by atoms with Crippen LogP contribution in [0.4, 0.5) is 4.79 Å². The third kappa shape index (κ3) is 8.36. The molecule has 0 fully saturated rings. The first-order chi connectivity index (χ1) is 11.8. The highest BCUT2D eigenvalue weighted by molar-refractivity contribution is 5.79. The van der Waals surface area contributed by atoms with Crippen LogP contribution in [0, 0.1) is 5.92 Å². The molecule has 136 valence electrons. The fourth-order valence-corrected chi connectivity index (χ4v) is 2.14. The number of urea groups is 1. The van der Waals surface area contributed by atoms with E-state index >= 15 is 0 Å². The molecule has 2 unspecified atom stereocenters. The molecule has 0 heterocycles. The van der Waals surface area contributed by atoms with Gasteiger partial charge < -0.3 is 15.7 Å². The number of nitrogens with one attached hydrogen (secondary N) is 2. The number of hydrogen-bond donors (Lipinski definition) is 3. The summed E-state index contributed by atoms with van der Waals surface area (Å²) in [4.78, 5) is 12.4. The Hall–Kier alpha value is -2.33. The summed E-state index contributed by atoms with van der Waals surface area (Å²) in [5.74, 6) is 0.181. The predicted octanol–water partition coefficient (Wildman–Crippen LogP) is 4.50. The highest BCUT2D eigenvalue weighted by Crippen LogP contribution is 2.16. The number of carbonyl (C=O) groups is 1. The lowest BCUT2D eigenvalue weighted by Gasteiger charge is -2.19. The molecule has 0 aromatic carbocycles. The van der Waals surface area contributed by atoms with E-state index in [2.05, 4.69) is 17.6 Å². The van der Waals surface area contributed by atoms with Crippen LogP contribution in [0.1, 0.15) is 41.0 Å². The molecule has 1 rings (SSSR count). The lowest BCUT2D eigenvalue weighted by atomic mass is 9.98. The number of aliphatic hydroxyl groups is 1. The normalized spacial score (nSPS) is 29.4. The highest BCUT2D eigenvalue weighted by Gasteiger charge is 2.16. The highest BCUT2D eigenvalue weighted by atomic mass is 16.3. The smallest absolute Gasteiger partial charge is 0.323 e. The Morgan fingerprint density at radius 1 is 1.40 bits per heavy atom. The maximum absolute atomic E-state index is 12.4. The van der Waals surface area contributed by atoms with Gasteiger partial charge in [0.25, 0.3) is 0 Å². The second-order valence-corrected chi connectivity index (χ2v) is 6.47. The zero-order chi connectivity index (χ0) is 18.9. The Morgan fingerprint density at radius 2 is 2.12 bits per heavy atom. The number of rotatable bonds is 5. The zero-order valence-electron chi connectivity index (χ0n) is 15.8. The van der Waals surface area contributed by atoms with Crippen LogP contribution in [0.3, 0.4) is 0 Å². The number of carbonyl (C=O) groups excluding carboxylic acids is 1. The van der Waals surface area contributed by atoms with Crippen LogP contribution in [0.25, 0.3) is 0 Å². The summed E-state index contributed by atoms with van der Waals surface area (Å²) >= 11 is 0. The van der Waals surface area contributed by atoms with Crippen molar-refractivity contribution < 1.29 is 9.90 Å². The van der Waals surface area contributed by atoms with Crippen LogP contribution in [0.15, 0.2) is 71.7 Å². The van der Waals surface area contributed by atoms with Crippen molar-refractivity contribution in [2.45, 2.75) is 46.6 Å². The molecule has 1 aliphatic rings. The van der Waals surface area contributed by atoms with Crippen molar-refractivity contribution >= 4 is 6.03 Å². The molecule has 1 aliphatic carbocycles. The second-order valence-electron chi connectivity index (χ2n) is 6.47. The predicted molar refractivity (Wildman–Crippen MR) is 105 cm³/mol. The molecule has 2 atom stereocenters. The van der Waals surface area contributed by atoms with Crippen LogP contribution >= 0.6 is 0 Å². The average Bonchev–Trinajstić information content (AvgIpc) is 2.54. The summed E-state index contributed by atoms with van der Waals surface area (Å²) in [6.07, 6.45) is 17.5. The molecular weight excluding hydrogens is 312 g/mol. The van der Waals surface area contributed by atoms with Crippen molar-refractivity contribution in [3.8, 4) is 0 Å². The Kier molecular flexibility index (Phi) is 8.16. The topological polar surface area (TPSA) is 61.4 Å². The Labute approximate surface area is 151 Å². The third-order valence-electron chi connectivity index (χ3n) is 3.71. The van der Waals surface area contributed by atoms with Gasteiger partial charge in [-0.1, -0.05) is 49.8 Å². The molecule has 2 amide bonds. The average molecular weight is 342 g/mol. The zero-order valence-corrected chi connectivity index (χ0v) is 15.8. The van der Waals surface area contributed by atoms with E-state index in [0.717, 1.165) is 6.42 Å². The molecule has 4 heteroatoms. The minimum absolute atomic E-state index is 0.181. The van der Waals surface area contributed by atoms with Gasteiger partial charge in [-0.2, -0.15) is 0 Å². The molecular formula is C21H30N2O2. The number of hydrogen-bond acceptors (Lipinski definition) is 2. The maximum Gasteiger partial charge on any atom is 0.323 e. The van der Waals surface area contributed by atoms with Gasteiger partial charge in [0, 0.05) is 11.4 Å². The largest absolute Gasteiger partial charge is 0.382 e. The van der Waals surface area contributed by atoms with E-state index in [1.54, 1.807) is 19.1 Å². The molecule has 25 heavy (non-hydrogen) atoms. The molecule has 0 aromatic rings. The molecule has 0 bridgehead atoms. The van der Waals surface area contributed by atoms with E-state index in [9.17, 15) is 9.90 Å². The van der Waals surface area contributed by atoms with E-state index in [-0.39, 0.29) is 11.9 Å². The molecule has 0 saturated carbocycles. The second kappa shape index (κ2) is 9.84. The van der Waals surface area contributed by atoms with Gasteiger partial charge in [0.1, 0.15) is 5.60 Å².